The summed E-state index contributed by atoms with van der Waals surface area (Å²) in [4.78, 5) is 15.1. The molecule has 0 saturated heterocycles. The molecule has 92 valence electrons. The average molecular weight is 258 g/mol. The van der Waals surface area contributed by atoms with E-state index in [9.17, 15) is 4.79 Å². The Labute approximate surface area is 110 Å². The van der Waals surface area contributed by atoms with Gasteiger partial charge in [-0.1, -0.05) is 12.1 Å². The number of anilines is 2. The van der Waals surface area contributed by atoms with Crippen LogP contribution in [0.1, 0.15) is 21.7 Å². The highest BCUT2D eigenvalue weighted by atomic mass is 32.1. The van der Waals surface area contributed by atoms with Crippen LogP contribution < -0.4 is 10.6 Å². The number of nitrogens with two attached hydrogens (primary N) is 1. The fraction of sp³-hybridized carbons (Fsp3) is 0.214. The molecule has 0 fully saturated rings. The maximum Gasteiger partial charge on any atom is 0.268 e. The Morgan fingerprint density at radius 2 is 2.22 bits per heavy atom. The molecule has 1 aromatic heterocycles. The van der Waals surface area contributed by atoms with Crippen molar-refractivity contribution < 1.29 is 4.79 Å². The zero-order chi connectivity index (χ0) is 12.5. The van der Waals surface area contributed by atoms with Crippen LogP contribution in [-0.4, -0.2) is 12.5 Å². The van der Waals surface area contributed by atoms with Gasteiger partial charge in [-0.3, -0.25) is 4.79 Å². The van der Waals surface area contributed by atoms with Crippen molar-refractivity contribution in [3.05, 3.63) is 46.2 Å². The van der Waals surface area contributed by atoms with Gasteiger partial charge in [-0.2, -0.15) is 0 Å². The fourth-order valence-electron chi connectivity index (χ4n) is 2.34. The number of carbonyl (C=O) groups is 1. The molecule has 0 spiro atoms. The first-order valence-electron chi connectivity index (χ1n) is 5.99. The van der Waals surface area contributed by atoms with E-state index in [0.29, 0.717) is 5.69 Å². The molecule has 1 amide bonds. The minimum Gasteiger partial charge on any atom is -0.399 e. The van der Waals surface area contributed by atoms with Crippen LogP contribution in [0.3, 0.4) is 0 Å². The van der Waals surface area contributed by atoms with Gasteiger partial charge in [0.25, 0.3) is 5.91 Å². The van der Waals surface area contributed by atoms with Gasteiger partial charge in [-0.05, 0) is 42.0 Å². The van der Waals surface area contributed by atoms with E-state index >= 15 is 0 Å². The molecule has 4 heteroatoms. The van der Waals surface area contributed by atoms with Crippen molar-refractivity contribution in [2.75, 3.05) is 17.2 Å². The quantitative estimate of drug-likeness (QED) is 0.799. The van der Waals surface area contributed by atoms with Crippen molar-refractivity contribution in [1.82, 2.24) is 0 Å². The Bertz CT molecular complexity index is 577. The summed E-state index contributed by atoms with van der Waals surface area (Å²) >= 11 is 1.48. The summed E-state index contributed by atoms with van der Waals surface area (Å²) in [5, 5.41) is 1.93. The van der Waals surface area contributed by atoms with Crippen LogP contribution in [0.25, 0.3) is 0 Å². The lowest BCUT2D eigenvalue weighted by atomic mass is 10.0. The average Bonchev–Trinajstić information content (AvgIpc) is 2.91. The lowest BCUT2D eigenvalue weighted by Gasteiger charge is -2.29. The topological polar surface area (TPSA) is 46.3 Å². The molecule has 2 N–H and O–H groups in total. The molecule has 1 aliphatic rings. The van der Waals surface area contributed by atoms with E-state index in [4.69, 9.17) is 5.73 Å². The fourth-order valence-corrected chi connectivity index (χ4v) is 3.01. The maximum atomic E-state index is 12.4. The van der Waals surface area contributed by atoms with Gasteiger partial charge in [0.05, 0.1) is 4.88 Å². The summed E-state index contributed by atoms with van der Waals surface area (Å²) in [7, 11) is 0. The minimum absolute atomic E-state index is 0.0801. The van der Waals surface area contributed by atoms with E-state index in [2.05, 4.69) is 0 Å². The molecule has 1 aliphatic heterocycles. The maximum absolute atomic E-state index is 12.4. The summed E-state index contributed by atoms with van der Waals surface area (Å²) < 4.78 is 0. The van der Waals surface area contributed by atoms with E-state index < -0.39 is 0 Å². The summed E-state index contributed by atoms with van der Waals surface area (Å²) in [6, 6.07) is 9.60. The van der Waals surface area contributed by atoms with Crippen LogP contribution in [-0.2, 0) is 6.42 Å². The second-order valence-electron chi connectivity index (χ2n) is 4.43. The van der Waals surface area contributed by atoms with E-state index in [1.807, 2.05) is 40.6 Å². The number of amides is 1. The molecular formula is C14H14N2OS. The van der Waals surface area contributed by atoms with Crippen LogP contribution in [0, 0.1) is 0 Å². The number of rotatable bonds is 1. The Balaban J connectivity index is 2.01. The molecule has 0 bridgehead atoms. The van der Waals surface area contributed by atoms with E-state index in [0.717, 1.165) is 30.0 Å². The monoisotopic (exact) mass is 258 g/mol. The van der Waals surface area contributed by atoms with Crippen molar-refractivity contribution in [3.8, 4) is 0 Å². The van der Waals surface area contributed by atoms with Crippen molar-refractivity contribution in [1.29, 1.82) is 0 Å². The minimum atomic E-state index is 0.0801. The molecule has 0 unspecified atom stereocenters. The van der Waals surface area contributed by atoms with Gasteiger partial charge in [0.2, 0.25) is 0 Å². The van der Waals surface area contributed by atoms with Crippen LogP contribution >= 0.6 is 11.3 Å². The third kappa shape index (κ3) is 1.88. The Morgan fingerprint density at radius 3 is 3.00 bits per heavy atom. The number of nitrogen functional groups attached to an aromatic ring is 1. The molecule has 2 heterocycles. The number of thiophene rings is 1. The van der Waals surface area contributed by atoms with Gasteiger partial charge in [0.15, 0.2) is 0 Å². The van der Waals surface area contributed by atoms with Gasteiger partial charge in [-0.25, -0.2) is 0 Å². The highest BCUT2D eigenvalue weighted by Gasteiger charge is 2.24. The van der Waals surface area contributed by atoms with Crippen LogP contribution in [0.2, 0.25) is 0 Å². The Kier molecular flexibility index (Phi) is 2.80. The molecule has 1 aromatic carbocycles. The van der Waals surface area contributed by atoms with Gasteiger partial charge in [-0.15, -0.1) is 11.3 Å². The van der Waals surface area contributed by atoms with Crippen molar-refractivity contribution >= 4 is 28.6 Å². The predicted molar refractivity (Wildman–Crippen MR) is 75.2 cm³/mol. The van der Waals surface area contributed by atoms with Gasteiger partial charge >= 0.3 is 0 Å². The third-order valence-electron chi connectivity index (χ3n) is 3.21. The second kappa shape index (κ2) is 4.46. The lowest BCUT2D eigenvalue weighted by molar-refractivity contribution is 0.0989. The summed E-state index contributed by atoms with van der Waals surface area (Å²) in [6.07, 6.45) is 2.03. The van der Waals surface area contributed by atoms with Crippen LogP contribution in [0.5, 0.6) is 0 Å². The summed E-state index contributed by atoms with van der Waals surface area (Å²) in [6.45, 7) is 0.771. The van der Waals surface area contributed by atoms with E-state index in [-0.39, 0.29) is 5.91 Å². The number of hydrogen-bond acceptors (Lipinski definition) is 3. The van der Waals surface area contributed by atoms with Crippen molar-refractivity contribution in [2.45, 2.75) is 12.8 Å². The number of carbonyl (C=O) groups excluding carboxylic acids is 1. The Morgan fingerprint density at radius 1 is 1.33 bits per heavy atom. The predicted octanol–water partition coefficient (Wildman–Crippen LogP) is 2.92. The molecule has 0 aliphatic carbocycles. The number of aryl methyl sites for hydroxylation is 1. The van der Waals surface area contributed by atoms with E-state index in [1.165, 1.54) is 16.9 Å². The van der Waals surface area contributed by atoms with Gasteiger partial charge in [0, 0.05) is 17.9 Å². The molecule has 2 aromatic rings. The first-order chi connectivity index (χ1) is 8.75. The summed E-state index contributed by atoms with van der Waals surface area (Å²) in [5.41, 5.74) is 8.72. The number of hydrogen-bond donors (Lipinski definition) is 1. The molecule has 18 heavy (non-hydrogen) atoms. The Hall–Kier alpha value is -1.81. The zero-order valence-electron chi connectivity index (χ0n) is 9.93. The van der Waals surface area contributed by atoms with Crippen LogP contribution in [0.4, 0.5) is 11.4 Å². The van der Waals surface area contributed by atoms with Gasteiger partial charge in [0.1, 0.15) is 0 Å². The van der Waals surface area contributed by atoms with E-state index in [1.54, 1.807) is 0 Å². The van der Waals surface area contributed by atoms with Crippen molar-refractivity contribution in [3.63, 3.8) is 0 Å². The van der Waals surface area contributed by atoms with Crippen molar-refractivity contribution in [2.24, 2.45) is 0 Å². The molecule has 0 saturated carbocycles. The van der Waals surface area contributed by atoms with Gasteiger partial charge < -0.3 is 10.6 Å². The third-order valence-corrected chi connectivity index (χ3v) is 4.06. The molecule has 3 rings (SSSR count). The molecule has 0 atom stereocenters. The largest absolute Gasteiger partial charge is 0.399 e. The molecular weight excluding hydrogens is 244 g/mol. The molecule has 3 nitrogen and oxygen atoms in total. The zero-order valence-corrected chi connectivity index (χ0v) is 10.7. The standard InChI is InChI=1S/C14H14N2OS/c15-11-6-5-10-3-1-7-16(12(10)9-11)14(17)13-4-2-8-18-13/h2,4-6,8-9H,1,3,7,15H2. The normalized spacial score (nSPS) is 14.3. The number of nitrogens with zero attached hydrogens (tertiary/aromatic N) is 1. The highest BCUT2D eigenvalue weighted by Crippen LogP contribution is 2.30. The SMILES string of the molecule is Nc1ccc2c(c1)N(C(=O)c1cccs1)CCC2. The first kappa shape index (κ1) is 11.3. The summed E-state index contributed by atoms with van der Waals surface area (Å²) in [5.74, 6) is 0.0801. The second-order valence-corrected chi connectivity index (χ2v) is 5.37. The molecule has 0 radical (unpaired) electrons. The smallest absolute Gasteiger partial charge is 0.268 e. The number of benzene rings is 1. The first-order valence-corrected chi connectivity index (χ1v) is 6.87. The highest BCUT2D eigenvalue weighted by molar-refractivity contribution is 7.12. The number of fused-ring (bicyclic) bond motifs is 1. The lowest BCUT2D eigenvalue weighted by Crippen LogP contribution is -2.35. The van der Waals surface area contributed by atoms with Crippen LogP contribution in [0.15, 0.2) is 35.7 Å².